The molecule has 0 bridgehead atoms. The van der Waals surface area contributed by atoms with Gasteiger partial charge in [-0.25, -0.2) is 4.98 Å². The van der Waals surface area contributed by atoms with Crippen LogP contribution in [0.15, 0.2) is 29.6 Å². The highest BCUT2D eigenvalue weighted by molar-refractivity contribution is 7.13. The van der Waals surface area contributed by atoms with E-state index in [0.29, 0.717) is 0 Å². The summed E-state index contributed by atoms with van der Waals surface area (Å²) in [6.45, 7) is 6.03. The number of hydrogen-bond acceptors (Lipinski definition) is 4. The van der Waals surface area contributed by atoms with E-state index in [1.165, 1.54) is 0 Å². The molecule has 0 amide bonds. The molecule has 0 aliphatic rings. The molecule has 0 aliphatic carbocycles. The molecule has 0 saturated heterocycles. The number of nitrogen functional groups attached to an aromatic ring is 1. The number of benzene rings is 1. The fraction of sp³-hybridized carbons (Fsp3) is 0.357. The molecule has 1 heterocycles. The molecule has 0 atom stereocenters. The van der Waals surface area contributed by atoms with Crippen molar-refractivity contribution in [3.63, 3.8) is 0 Å². The van der Waals surface area contributed by atoms with Crippen molar-refractivity contribution in [2.24, 2.45) is 0 Å². The number of nitrogens with zero attached hydrogens (tertiary/aromatic N) is 2. The Balaban J connectivity index is 2.17. The number of para-hydroxylation sites is 1. The average Bonchev–Trinajstić information content (AvgIpc) is 2.86. The number of thiazole rings is 1. The molecule has 0 fully saturated rings. The molecular formula is C14H19N3S. The van der Waals surface area contributed by atoms with Crippen molar-refractivity contribution in [1.29, 1.82) is 0 Å². The van der Waals surface area contributed by atoms with E-state index in [9.17, 15) is 0 Å². The summed E-state index contributed by atoms with van der Waals surface area (Å²) in [6.07, 6.45) is 0.988. The van der Waals surface area contributed by atoms with Crippen molar-refractivity contribution in [1.82, 2.24) is 4.98 Å². The van der Waals surface area contributed by atoms with Crippen molar-refractivity contribution in [3.8, 4) is 0 Å². The van der Waals surface area contributed by atoms with Crippen molar-refractivity contribution < 1.29 is 0 Å². The SMILES string of the molecule is CCc1csc(N(CC)Cc2ccccc2N)n1. The first-order valence-electron chi connectivity index (χ1n) is 6.27. The van der Waals surface area contributed by atoms with Crippen LogP contribution in [0.25, 0.3) is 0 Å². The van der Waals surface area contributed by atoms with Crippen molar-refractivity contribution in [3.05, 3.63) is 40.9 Å². The molecule has 4 heteroatoms. The van der Waals surface area contributed by atoms with Gasteiger partial charge in [-0.05, 0) is 25.0 Å². The fourth-order valence-corrected chi connectivity index (χ4v) is 2.78. The molecule has 0 aliphatic heterocycles. The number of rotatable bonds is 5. The lowest BCUT2D eigenvalue weighted by Crippen LogP contribution is -2.22. The molecule has 1 aromatic heterocycles. The van der Waals surface area contributed by atoms with E-state index in [-0.39, 0.29) is 0 Å². The van der Waals surface area contributed by atoms with Crippen molar-refractivity contribution >= 4 is 22.2 Å². The highest BCUT2D eigenvalue weighted by Crippen LogP contribution is 2.24. The van der Waals surface area contributed by atoms with Gasteiger partial charge in [0, 0.05) is 24.2 Å². The second-order valence-electron chi connectivity index (χ2n) is 4.19. The summed E-state index contributed by atoms with van der Waals surface area (Å²) >= 11 is 1.71. The van der Waals surface area contributed by atoms with Gasteiger partial charge >= 0.3 is 0 Å². The third-order valence-corrected chi connectivity index (χ3v) is 3.92. The molecular weight excluding hydrogens is 242 g/mol. The van der Waals surface area contributed by atoms with Crippen LogP contribution in [-0.2, 0) is 13.0 Å². The van der Waals surface area contributed by atoms with Gasteiger partial charge in [0.1, 0.15) is 0 Å². The second-order valence-corrected chi connectivity index (χ2v) is 5.02. The largest absolute Gasteiger partial charge is 0.398 e. The minimum absolute atomic E-state index is 0.819. The second kappa shape index (κ2) is 5.87. The predicted molar refractivity (Wildman–Crippen MR) is 79.1 cm³/mol. The normalized spacial score (nSPS) is 10.6. The van der Waals surface area contributed by atoms with Crippen molar-refractivity contribution in [2.45, 2.75) is 26.8 Å². The van der Waals surface area contributed by atoms with Gasteiger partial charge in [-0.15, -0.1) is 11.3 Å². The quantitative estimate of drug-likeness (QED) is 0.840. The first-order valence-corrected chi connectivity index (χ1v) is 7.15. The Labute approximate surface area is 112 Å². The van der Waals surface area contributed by atoms with E-state index in [1.54, 1.807) is 11.3 Å². The van der Waals surface area contributed by atoms with Gasteiger partial charge in [0.25, 0.3) is 0 Å². The van der Waals surface area contributed by atoms with Crippen LogP contribution >= 0.6 is 11.3 Å². The van der Waals surface area contributed by atoms with E-state index in [1.807, 2.05) is 18.2 Å². The number of aryl methyl sites for hydroxylation is 1. The van der Waals surface area contributed by atoms with E-state index < -0.39 is 0 Å². The van der Waals surface area contributed by atoms with Crippen LogP contribution in [0.1, 0.15) is 25.1 Å². The monoisotopic (exact) mass is 261 g/mol. The lowest BCUT2D eigenvalue weighted by molar-refractivity contribution is 0.823. The predicted octanol–water partition coefficient (Wildman–Crippen LogP) is 3.31. The maximum absolute atomic E-state index is 5.99. The van der Waals surface area contributed by atoms with Gasteiger partial charge in [0.2, 0.25) is 0 Å². The number of hydrogen-bond donors (Lipinski definition) is 1. The fourth-order valence-electron chi connectivity index (χ4n) is 1.80. The molecule has 18 heavy (non-hydrogen) atoms. The van der Waals surface area contributed by atoms with Crippen molar-refractivity contribution in [2.75, 3.05) is 17.2 Å². The van der Waals surface area contributed by atoms with Crippen LogP contribution in [0.2, 0.25) is 0 Å². The van der Waals surface area contributed by atoms with E-state index in [0.717, 1.165) is 41.6 Å². The van der Waals surface area contributed by atoms with Gasteiger partial charge in [-0.1, -0.05) is 25.1 Å². The zero-order valence-corrected chi connectivity index (χ0v) is 11.7. The highest BCUT2D eigenvalue weighted by Gasteiger charge is 2.10. The third-order valence-electron chi connectivity index (χ3n) is 2.97. The molecule has 0 spiro atoms. The van der Waals surface area contributed by atoms with Gasteiger partial charge < -0.3 is 10.6 Å². The van der Waals surface area contributed by atoms with Gasteiger partial charge in [0.05, 0.1) is 5.69 Å². The molecule has 0 unspecified atom stereocenters. The number of aromatic nitrogens is 1. The Kier molecular flexibility index (Phi) is 4.20. The minimum Gasteiger partial charge on any atom is -0.398 e. The third kappa shape index (κ3) is 2.82. The summed E-state index contributed by atoms with van der Waals surface area (Å²) in [7, 11) is 0. The molecule has 0 saturated carbocycles. The molecule has 96 valence electrons. The lowest BCUT2D eigenvalue weighted by Gasteiger charge is -2.20. The summed E-state index contributed by atoms with van der Waals surface area (Å²) in [5.41, 5.74) is 9.16. The van der Waals surface area contributed by atoms with Gasteiger partial charge in [0.15, 0.2) is 5.13 Å². The number of nitrogens with two attached hydrogens (primary N) is 1. The maximum Gasteiger partial charge on any atom is 0.185 e. The van der Waals surface area contributed by atoms with Crippen LogP contribution in [0.4, 0.5) is 10.8 Å². The Hall–Kier alpha value is -1.55. The Morgan fingerprint density at radius 2 is 2.06 bits per heavy atom. The van der Waals surface area contributed by atoms with Crippen LogP contribution < -0.4 is 10.6 Å². The van der Waals surface area contributed by atoms with Crippen LogP contribution in [0, 0.1) is 0 Å². The Morgan fingerprint density at radius 1 is 1.28 bits per heavy atom. The van der Waals surface area contributed by atoms with Gasteiger partial charge in [-0.3, -0.25) is 0 Å². The summed E-state index contributed by atoms with van der Waals surface area (Å²) in [6, 6.07) is 8.02. The summed E-state index contributed by atoms with van der Waals surface area (Å²) < 4.78 is 0. The van der Waals surface area contributed by atoms with Gasteiger partial charge in [-0.2, -0.15) is 0 Å². The van der Waals surface area contributed by atoms with Crippen LogP contribution in [0.3, 0.4) is 0 Å². The molecule has 0 radical (unpaired) electrons. The Morgan fingerprint density at radius 3 is 2.67 bits per heavy atom. The van der Waals surface area contributed by atoms with Crippen LogP contribution in [0.5, 0.6) is 0 Å². The lowest BCUT2D eigenvalue weighted by atomic mass is 10.2. The Bertz CT molecular complexity index is 507. The summed E-state index contributed by atoms with van der Waals surface area (Å²) in [5, 5.41) is 3.21. The molecule has 2 aromatic rings. The number of anilines is 2. The van der Waals surface area contributed by atoms with Crippen LogP contribution in [-0.4, -0.2) is 11.5 Å². The molecule has 1 aromatic carbocycles. The topological polar surface area (TPSA) is 42.1 Å². The standard InChI is InChI=1S/C14H19N3S/c1-3-12-10-18-14(16-12)17(4-2)9-11-7-5-6-8-13(11)15/h5-8,10H,3-4,9,15H2,1-2H3. The molecule has 2 N–H and O–H groups in total. The average molecular weight is 261 g/mol. The first kappa shape index (κ1) is 12.9. The first-order chi connectivity index (χ1) is 8.74. The smallest absolute Gasteiger partial charge is 0.185 e. The minimum atomic E-state index is 0.819. The summed E-state index contributed by atoms with van der Waals surface area (Å²) in [5.74, 6) is 0. The highest BCUT2D eigenvalue weighted by atomic mass is 32.1. The zero-order valence-electron chi connectivity index (χ0n) is 10.9. The van der Waals surface area contributed by atoms with E-state index >= 15 is 0 Å². The van der Waals surface area contributed by atoms with E-state index in [2.05, 4.69) is 35.2 Å². The summed E-state index contributed by atoms with van der Waals surface area (Å²) in [4.78, 5) is 6.89. The van der Waals surface area contributed by atoms with E-state index in [4.69, 9.17) is 5.73 Å². The maximum atomic E-state index is 5.99. The molecule has 3 nitrogen and oxygen atoms in total. The zero-order chi connectivity index (χ0) is 13.0. The molecule has 2 rings (SSSR count).